The highest BCUT2D eigenvalue weighted by atomic mass is 16.4. The third kappa shape index (κ3) is 1.78. The maximum Gasteiger partial charge on any atom is 0.0583 e. The molecule has 0 saturated carbocycles. The molecule has 4 heteroatoms. The monoisotopic (exact) mass is 244 g/mol. The zero-order chi connectivity index (χ0) is 12.5. The highest BCUT2D eigenvalue weighted by Gasteiger charge is 2.33. The van der Waals surface area contributed by atoms with Crippen LogP contribution in [0.3, 0.4) is 0 Å². The van der Waals surface area contributed by atoms with Crippen LogP contribution >= 0.6 is 0 Å². The van der Waals surface area contributed by atoms with Gasteiger partial charge in [-0.25, -0.2) is 0 Å². The molecule has 0 heterocycles. The van der Waals surface area contributed by atoms with Crippen molar-refractivity contribution in [2.45, 2.75) is 37.5 Å². The minimum Gasteiger partial charge on any atom is -0.411 e. The highest BCUT2D eigenvalue weighted by molar-refractivity contribution is 5.93. The van der Waals surface area contributed by atoms with Gasteiger partial charge in [-0.05, 0) is 48.6 Å². The Bertz CT molecular complexity index is 459. The molecule has 0 unspecified atom stereocenters. The van der Waals surface area contributed by atoms with Crippen molar-refractivity contribution in [2.24, 2.45) is 10.3 Å². The molecule has 0 aliphatic heterocycles. The fraction of sp³-hybridized carbons (Fsp3) is 0.429. The van der Waals surface area contributed by atoms with E-state index in [-0.39, 0.29) is 11.8 Å². The summed E-state index contributed by atoms with van der Waals surface area (Å²) in [6.45, 7) is 0. The van der Waals surface area contributed by atoms with Crippen LogP contribution in [0.5, 0.6) is 0 Å². The van der Waals surface area contributed by atoms with E-state index in [1.807, 2.05) is 12.1 Å². The van der Waals surface area contributed by atoms with Crippen molar-refractivity contribution >= 4 is 11.4 Å². The third-order valence-electron chi connectivity index (χ3n) is 4.09. The SMILES string of the molecule is ON=C1CC2CC(=NO)CC(C1)c1ccccc12. The summed E-state index contributed by atoms with van der Waals surface area (Å²) in [7, 11) is 0. The van der Waals surface area contributed by atoms with Gasteiger partial charge < -0.3 is 10.4 Å². The van der Waals surface area contributed by atoms with Crippen LogP contribution in [0.25, 0.3) is 0 Å². The summed E-state index contributed by atoms with van der Waals surface area (Å²) in [5.41, 5.74) is 4.36. The lowest BCUT2D eigenvalue weighted by atomic mass is 9.88. The Morgan fingerprint density at radius 2 is 1.17 bits per heavy atom. The lowest BCUT2D eigenvalue weighted by molar-refractivity contribution is 0.312. The van der Waals surface area contributed by atoms with E-state index < -0.39 is 0 Å². The van der Waals surface area contributed by atoms with Gasteiger partial charge in [0, 0.05) is 0 Å². The molecular formula is C14H16N2O2. The molecule has 0 aromatic heterocycles. The molecule has 2 aliphatic carbocycles. The first-order chi connectivity index (χ1) is 8.81. The third-order valence-corrected chi connectivity index (χ3v) is 4.09. The van der Waals surface area contributed by atoms with Gasteiger partial charge in [0.15, 0.2) is 0 Å². The summed E-state index contributed by atoms with van der Waals surface area (Å²) < 4.78 is 0. The van der Waals surface area contributed by atoms with E-state index in [0.717, 1.165) is 37.1 Å². The fourth-order valence-electron chi connectivity index (χ4n) is 3.31. The fourth-order valence-corrected chi connectivity index (χ4v) is 3.31. The molecule has 2 N–H and O–H groups in total. The average molecular weight is 244 g/mol. The molecule has 2 bridgehead atoms. The van der Waals surface area contributed by atoms with Gasteiger partial charge in [-0.3, -0.25) is 0 Å². The van der Waals surface area contributed by atoms with Crippen molar-refractivity contribution in [1.82, 2.24) is 0 Å². The van der Waals surface area contributed by atoms with Crippen LogP contribution in [0.2, 0.25) is 0 Å². The van der Waals surface area contributed by atoms with E-state index in [9.17, 15) is 0 Å². The molecule has 0 fully saturated rings. The van der Waals surface area contributed by atoms with Gasteiger partial charge in [-0.1, -0.05) is 34.6 Å². The number of rotatable bonds is 0. The standard InChI is InChI=1S/C14H16N2O2/c17-15-11-5-9-6-12(16-18)8-10(7-11)14-4-2-1-3-13(9)14/h1-4,9-10,17-18H,5-8H2. The van der Waals surface area contributed by atoms with Crippen molar-refractivity contribution in [3.05, 3.63) is 35.4 Å². The molecule has 0 amide bonds. The molecule has 3 rings (SSSR count). The number of benzene rings is 1. The number of hydrogen-bond acceptors (Lipinski definition) is 4. The second-order valence-electron chi connectivity index (χ2n) is 5.17. The van der Waals surface area contributed by atoms with Crippen LogP contribution in [0.1, 0.15) is 48.6 Å². The Morgan fingerprint density at radius 3 is 1.50 bits per heavy atom. The maximum atomic E-state index is 9.08. The summed E-state index contributed by atoms with van der Waals surface area (Å²) >= 11 is 0. The largest absolute Gasteiger partial charge is 0.411 e. The Hall–Kier alpha value is -1.84. The van der Waals surface area contributed by atoms with Crippen LogP contribution < -0.4 is 0 Å². The lowest BCUT2D eigenvalue weighted by Gasteiger charge is -2.17. The molecular weight excluding hydrogens is 228 g/mol. The summed E-state index contributed by atoms with van der Waals surface area (Å²) in [4.78, 5) is 0. The van der Waals surface area contributed by atoms with Crippen molar-refractivity contribution in [1.29, 1.82) is 0 Å². The molecule has 0 radical (unpaired) electrons. The topological polar surface area (TPSA) is 65.2 Å². The quantitative estimate of drug-likeness (QED) is 0.544. The summed E-state index contributed by atoms with van der Waals surface area (Å²) in [6.07, 6.45) is 3.01. The molecule has 1 aromatic carbocycles. The van der Waals surface area contributed by atoms with E-state index in [1.54, 1.807) is 0 Å². The van der Waals surface area contributed by atoms with Gasteiger partial charge in [0.25, 0.3) is 0 Å². The highest BCUT2D eigenvalue weighted by Crippen LogP contribution is 2.43. The Kier molecular flexibility index (Phi) is 2.78. The normalized spacial score (nSPS) is 26.2. The molecule has 0 saturated heterocycles. The van der Waals surface area contributed by atoms with Crippen LogP contribution in [0, 0.1) is 0 Å². The van der Waals surface area contributed by atoms with Crippen molar-refractivity contribution < 1.29 is 10.4 Å². The second kappa shape index (κ2) is 4.44. The first-order valence-corrected chi connectivity index (χ1v) is 6.30. The smallest absolute Gasteiger partial charge is 0.0583 e. The molecule has 2 aliphatic rings. The van der Waals surface area contributed by atoms with Crippen molar-refractivity contribution in [3.63, 3.8) is 0 Å². The lowest BCUT2D eigenvalue weighted by Crippen LogP contribution is -2.15. The minimum atomic E-state index is 0.269. The van der Waals surface area contributed by atoms with E-state index in [0.29, 0.717) is 0 Å². The molecule has 4 nitrogen and oxygen atoms in total. The maximum absolute atomic E-state index is 9.08. The molecule has 0 spiro atoms. The van der Waals surface area contributed by atoms with Gasteiger partial charge in [0.1, 0.15) is 0 Å². The van der Waals surface area contributed by atoms with Crippen molar-refractivity contribution in [3.8, 4) is 0 Å². The number of hydrogen-bond donors (Lipinski definition) is 2. The van der Waals surface area contributed by atoms with Gasteiger partial charge >= 0.3 is 0 Å². The van der Waals surface area contributed by atoms with Crippen LogP contribution in [0.15, 0.2) is 34.6 Å². The van der Waals surface area contributed by atoms with E-state index >= 15 is 0 Å². The van der Waals surface area contributed by atoms with E-state index in [1.165, 1.54) is 11.1 Å². The molecule has 18 heavy (non-hydrogen) atoms. The predicted octanol–water partition coefficient (Wildman–Crippen LogP) is 3.10. The summed E-state index contributed by atoms with van der Waals surface area (Å²) in [6, 6.07) is 8.39. The zero-order valence-electron chi connectivity index (χ0n) is 10.1. The van der Waals surface area contributed by atoms with Gasteiger partial charge in [0.2, 0.25) is 0 Å². The van der Waals surface area contributed by atoms with Crippen molar-refractivity contribution in [2.75, 3.05) is 0 Å². The Balaban J connectivity index is 2.12. The van der Waals surface area contributed by atoms with E-state index in [4.69, 9.17) is 10.4 Å². The first-order valence-electron chi connectivity index (χ1n) is 6.30. The van der Waals surface area contributed by atoms with Crippen LogP contribution in [-0.4, -0.2) is 21.8 Å². The van der Waals surface area contributed by atoms with E-state index in [2.05, 4.69) is 22.4 Å². The average Bonchev–Trinajstić information content (AvgIpc) is 2.62. The van der Waals surface area contributed by atoms with Gasteiger partial charge in [0.05, 0.1) is 11.4 Å². The number of nitrogens with zero attached hydrogens (tertiary/aromatic N) is 2. The van der Waals surface area contributed by atoms with Crippen LogP contribution in [-0.2, 0) is 0 Å². The molecule has 94 valence electrons. The first kappa shape index (κ1) is 11.3. The second-order valence-corrected chi connectivity index (χ2v) is 5.17. The zero-order valence-corrected chi connectivity index (χ0v) is 10.1. The summed E-state index contributed by atoms with van der Waals surface area (Å²) in [5.74, 6) is 0.538. The van der Waals surface area contributed by atoms with Gasteiger partial charge in [-0.2, -0.15) is 0 Å². The minimum absolute atomic E-state index is 0.269. The molecule has 1 aromatic rings. The summed E-state index contributed by atoms with van der Waals surface area (Å²) in [5, 5.41) is 25.0. The van der Waals surface area contributed by atoms with Gasteiger partial charge in [-0.15, -0.1) is 0 Å². The van der Waals surface area contributed by atoms with Crippen LogP contribution in [0.4, 0.5) is 0 Å². The molecule has 0 atom stereocenters. The number of oxime groups is 2. The Labute approximate surface area is 106 Å². The predicted molar refractivity (Wildman–Crippen MR) is 68.8 cm³/mol. The Morgan fingerprint density at radius 1 is 0.778 bits per heavy atom.